The smallest absolute Gasteiger partial charge is 0.273 e. The fraction of sp³-hybridized carbons (Fsp3) is 0.474. The molecule has 0 aliphatic heterocycles. The van der Waals surface area contributed by atoms with Gasteiger partial charge in [0.05, 0.1) is 17.1 Å². The fourth-order valence-corrected chi connectivity index (χ4v) is 3.05. The minimum atomic E-state index is -0.733. The zero-order valence-electron chi connectivity index (χ0n) is 16.7. The van der Waals surface area contributed by atoms with Crippen LogP contribution in [0.3, 0.4) is 0 Å². The summed E-state index contributed by atoms with van der Waals surface area (Å²) in [4.78, 5) is 31.8. The number of nitrogens with two attached hydrogens (primary N) is 1. The van der Waals surface area contributed by atoms with Crippen molar-refractivity contribution in [3.8, 4) is 0 Å². The lowest BCUT2D eigenvalue weighted by Gasteiger charge is -2.18. The van der Waals surface area contributed by atoms with E-state index in [-0.39, 0.29) is 30.8 Å². The molecule has 1 atom stereocenters. The number of aryl methyl sites for hydroxylation is 2. The number of aromatic nitrogens is 2. The molecule has 0 radical (unpaired) electrons. The molecule has 0 fully saturated rings. The Labute approximate surface area is 168 Å². The van der Waals surface area contributed by atoms with Gasteiger partial charge in [0.1, 0.15) is 0 Å². The van der Waals surface area contributed by atoms with Gasteiger partial charge in [-0.05, 0) is 37.5 Å². The van der Waals surface area contributed by atoms with Crippen molar-refractivity contribution in [3.05, 3.63) is 28.9 Å². The zero-order chi connectivity index (χ0) is 21.4. The average molecular weight is 404 g/mol. The van der Waals surface area contributed by atoms with E-state index in [4.69, 9.17) is 10.8 Å². The normalized spacial score (nSPS) is 12.8. The summed E-state index contributed by atoms with van der Waals surface area (Å²) >= 11 is 0. The number of nitrogens with one attached hydrogen (secondary N) is 2. The highest BCUT2D eigenvalue weighted by Crippen LogP contribution is 2.22. The van der Waals surface area contributed by atoms with Crippen LogP contribution < -0.4 is 21.9 Å². The molecule has 1 heterocycles. The summed E-state index contributed by atoms with van der Waals surface area (Å²) in [5.74, 6) is -0.472. The van der Waals surface area contributed by atoms with Gasteiger partial charge < -0.3 is 31.1 Å². The van der Waals surface area contributed by atoms with E-state index in [1.54, 1.807) is 4.57 Å². The second-order valence-electron chi connectivity index (χ2n) is 6.58. The first kappa shape index (κ1) is 22.5. The molecule has 1 aromatic heterocycles. The first-order valence-corrected chi connectivity index (χ1v) is 9.44. The molecule has 0 saturated carbocycles. The molecule has 0 saturated heterocycles. The van der Waals surface area contributed by atoms with E-state index in [0.717, 1.165) is 11.3 Å². The number of hydrogen-bond donors (Lipinski definition) is 5. The lowest BCUT2D eigenvalue weighted by atomic mass is 10.1. The Morgan fingerprint density at radius 1 is 1.41 bits per heavy atom. The topological polar surface area (TPSA) is 155 Å². The van der Waals surface area contributed by atoms with Crippen LogP contribution in [0.1, 0.15) is 28.9 Å². The van der Waals surface area contributed by atoms with Crippen LogP contribution in [0.2, 0.25) is 0 Å². The molecule has 29 heavy (non-hydrogen) atoms. The maximum Gasteiger partial charge on any atom is 0.273 e. The molecule has 10 heteroatoms. The van der Waals surface area contributed by atoms with Crippen molar-refractivity contribution in [2.24, 2.45) is 10.7 Å². The van der Waals surface area contributed by atoms with E-state index in [9.17, 15) is 14.7 Å². The van der Waals surface area contributed by atoms with Crippen LogP contribution in [0, 0.1) is 6.92 Å². The van der Waals surface area contributed by atoms with E-state index in [2.05, 4.69) is 20.6 Å². The molecule has 10 nitrogen and oxygen atoms in total. The van der Waals surface area contributed by atoms with Crippen molar-refractivity contribution in [2.75, 3.05) is 32.1 Å². The first-order valence-electron chi connectivity index (χ1n) is 9.44. The number of fused-ring (bicyclic) bond motifs is 1. The predicted molar refractivity (Wildman–Crippen MR) is 109 cm³/mol. The van der Waals surface area contributed by atoms with Crippen LogP contribution in [0.15, 0.2) is 17.1 Å². The Hall–Kier alpha value is -2.82. The van der Waals surface area contributed by atoms with Gasteiger partial charge in [-0.15, -0.1) is 0 Å². The van der Waals surface area contributed by atoms with Crippen LogP contribution in [0.4, 0.5) is 5.69 Å². The average Bonchev–Trinajstić information content (AvgIpc) is 2.71. The van der Waals surface area contributed by atoms with E-state index < -0.39 is 12.0 Å². The van der Waals surface area contributed by atoms with E-state index in [0.29, 0.717) is 37.0 Å². The molecule has 158 valence electrons. The van der Waals surface area contributed by atoms with Gasteiger partial charge in [-0.3, -0.25) is 9.59 Å². The number of hydrogen-bond acceptors (Lipinski definition) is 7. The highest BCUT2D eigenvalue weighted by molar-refractivity contribution is 5.94. The Bertz CT molecular complexity index is 940. The van der Waals surface area contributed by atoms with Crippen molar-refractivity contribution in [2.45, 2.75) is 32.4 Å². The molecular formula is C19H28N6O4. The first-order chi connectivity index (χ1) is 14.0. The van der Waals surface area contributed by atoms with Gasteiger partial charge in [0.2, 0.25) is 6.41 Å². The highest BCUT2D eigenvalue weighted by Gasteiger charge is 2.17. The number of carbonyl (C=O) groups excluding carboxylic acids is 2. The number of benzene rings is 1. The molecule has 6 N–H and O–H groups in total. The number of anilines is 1. The summed E-state index contributed by atoms with van der Waals surface area (Å²) in [6.07, 6.45) is 0.161. The zero-order valence-corrected chi connectivity index (χ0v) is 16.7. The van der Waals surface area contributed by atoms with Crippen LogP contribution >= 0.6 is 0 Å². The van der Waals surface area contributed by atoms with E-state index in [1.165, 1.54) is 7.05 Å². The molecule has 0 bridgehead atoms. The van der Waals surface area contributed by atoms with Gasteiger partial charge in [-0.25, -0.2) is 4.98 Å². The van der Waals surface area contributed by atoms with Crippen molar-refractivity contribution in [1.82, 2.24) is 14.9 Å². The van der Waals surface area contributed by atoms with Crippen molar-refractivity contribution >= 4 is 29.0 Å². The molecule has 0 unspecified atom stereocenters. The maximum absolute atomic E-state index is 12.4. The third kappa shape index (κ3) is 5.37. The van der Waals surface area contributed by atoms with Gasteiger partial charge in [0.25, 0.3) is 5.91 Å². The Morgan fingerprint density at radius 2 is 2.17 bits per heavy atom. The minimum absolute atomic E-state index is 0.0193. The minimum Gasteiger partial charge on any atom is -0.396 e. The summed E-state index contributed by atoms with van der Waals surface area (Å²) in [7, 11) is 1.47. The predicted octanol–water partition coefficient (Wildman–Crippen LogP) is -0.735. The van der Waals surface area contributed by atoms with E-state index in [1.807, 2.05) is 19.1 Å². The lowest BCUT2D eigenvalue weighted by Crippen LogP contribution is -2.35. The molecule has 2 rings (SSSR count). The molecule has 0 aliphatic carbocycles. The van der Waals surface area contributed by atoms with Crippen LogP contribution in [-0.2, 0) is 11.3 Å². The summed E-state index contributed by atoms with van der Waals surface area (Å²) in [6, 6.07) is 3.70. The monoisotopic (exact) mass is 404 g/mol. The molecule has 1 aromatic carbocycles. The summed E-state index contributed by atoms with van der Waals surface area (Å²) < 4.78 is 1.69. The number of aliphatic hydroxyl groups is 2. The maximum atomic E-state index is 12.4. The highest BCUT2D eigenvalue weighted by atomic mass is 16.3. The van der Waals surface area contributed by atoms with Crippen molar-refractivity contribution in [3.63, 3.8) is 0 Å². The SMILES string of the molecule is CNC(=O)c1nc2cc(C)c(NCCN)cc2n(CC[C@H](O)CCO)c1=NC=O. The number of nitrogens with zero attached hydrogens (tertiary/aromatic N) is 3. The third-order valence-electron chi connectivity index (χ3n) is 4.54. The van der Waals surface area contributed by atoms with Gasteiger partial charge in [0.15, 0.2) is 11.2 Å². The molecular weight excluding hydrogens is 376 g/mol. The van der Waals surface area contributed by atoms with Crippen molar-refractivity contribution in [1.29, 1.82) is 0 Å². The second kappa shape index (κ2) is 10.6. The largest absolute Gasteiger partial charge is 0.396 e. The van der Waals surface area contributed by atoms with Crippen LogP contribution in [0.25, 0.3) is 11.0 Å². The lowest BCUT2D eigenvalue weighted by molar-refractivity contribution is -0.107. The number of amides is 2. The van der Waals surface area contributed by atoms with Crippen molar-refractivity contribution < 1.29 is 19.8 Å². The summed E-state index contributed by atoms with van der Waals surface area (Å²) in [5, 5.41) is 24.8. The Balaban J connectivity index is 2.74. The van der Waals surface area contributed by atoms with Gasteiger partial charge in [-0.1, -0.05) is 0 Å². The second-order valence-corrected chi connectivity index (χ2v) is 6.58. The van der Waals surface area contributed by atoms with Gasteiger partial charge in [-0.2, -0.15) is 4.99 Å². The fourth-order valence-electron chi connectivity index (χ4n) is 3.05. The number of rotatable bonds is 10. The third-order valence-corrected chi connectivity index (χ3v) is 4.54. The molecule has 2 amide bonds. The number of aliphatic hydroxyl groups excluding tert-OH is 2. The molecule has 2 aromatic rings. The van der Waals surface area contributed by atoms with Gasteiger partial charge in [0, 0.05) is 39.0 Å². The van der Waals surface area contributed by atoms with Crippen LogP contribution in [-0.4, -0.2) is 64.9 Å². The summed E-state index contributed by atoms with van der Waals surface area (Å²) in [6.45, 7) is 3.10. The molecule has 0 aliphatic rings. The van der Waals surface area contributed by atoms with Gasteiger partial charge >= 0.3 is 0 Å². The molecule has 0 spiro atoms. The van der Waals surface area contributed by atoms with Crippen LogP contribution in [0.5, 0.6) is 0 Å². The number of carbonyl (C=O) groups is 2. The quantitative estimate of drug-likeness (QED) is 0.327. The van der Waals surface area contributed by atoms with E-state index >= 15 is 0 Å². The standard InChI is InChI=1S/C19H28N6O4/c1-12-9-15-16(10-14(12)22-6-5-20)25(7-3-13(28)4-8-26)18(23-11-27)17(24-15)19(29)21-2/h9-11,13,22,26,28H,3-8,20H2,1-2H3,(H,21,29)/t13-/m0/s1. The Morgan fingerprint density at radius 3 is 2.79 bits per heavy atom. The summed E-state index contributed by atoms with van der Waals surface area (Å²) in [5.41, 5.74) is 8.69. The Kier molecular flexibility index (Phi) is 8.25.